The molecule has 0 saturated heterocycles. The molecule has 1 aromatic carbocycles. The van der Waals surface area contributed by atoms with E-state index in [9.17, 15) is 0 Å². The van der Waals surface area contributed by atoms with Gasteiger partial charge in [-0.3, -0.25) is 0 Å². The number of rotatable bonds is 2. The smallest absolute Gasteiger partial charge is 0.200 e. The van der Waals surface area contributed by atoms with Gasteiger partial charge in [0.1, 0.15) is 0 Å². The number of imidazole rings is 1. The summed E-state index contributed by atoms with van der Waals surface area (Å²) in [6, 6.07) is 8.26. The minimum Gasteiger partial charge on any atom is -0.369 e. The maximum Gasteiger partial charge on any atom is 0.200 e. The summed E-state index contributed by atoms with van der Waals surface area (Å²) in [5.41, 5.74) is 9.32. The molecule has 3 nitrogen and oxygen atoms in total. The van der Waals surface area contributed by atoms with Crippen molar-refractivity contribution in [1.82, 2.24) is 9.55 Å². The third kappa shape index (κ3) is 1.61. The van der Waals surface area contributed by atoms with Crippen LogP contribution in [0.15, 0.2) is 30.5 Å². The molecule has 0 aliphatic rings. The van der Waals surface area contributed by atoms with E-state index in [1.54, 1.807) is 0 Å². The van der Waals surface area contributed by atoms with Crippen molar-refractivity contribution in [2.24, 2.45) is 0 Å². The topological polar surface area (TPSA) is 43.8 Å². The highest BCUT2D eigenvalue weighted by atomic mass is 15.1. The summed E-state index contributed by atoms with van der Waals surface area (Å²) in [5.74, 6) is 0.579. The Morgan fingerprint density at radius 2 is 2.07 bits per heavy atom. The lowest BCUT2D eigenvalue weighted by atomic mass is 10.1. The van der Waals surface area contributed by atoms with Crippen LogP contribution in [0.1, 0.15) is 12.5 Å². The number of aryl methyl sites for hydroxylation is 1. The van der Waals surface area contributed by atoms with Gasteiger partial charge in [0, 0.05) is 12.1 Å². The first-order valence-electron chi connectivity index (χ1n) is 5.11. The highest BCUT2D eigenvalue weighted by molar-refractivity contribution is 5.64. The van der Waals surface area contributed by atoms with E-state index in [4.69, 9.17) is 5.73 Å². The van der Waals surface area contributed by atoms with Gasteiger partial charge in [-0.05, 0) is 19.4 Å². The van der Waals surface area contributed by atoms with E-state index in [-0.39, 0.29) is 0 Å². The zero-order valence-electron chi connectivity index (χ0n) is 9.07. The number of nitrogens with two attached hydrogens (primary N) is 1. The van der Waals surface area contributed by atoms with Crippen molar-refractivity contribution in [1.29, 1.82) is 0 Å². The Morgan fingerprint density at radius 3 is 2.73 bits per heavy atom. The number of nitrogen functional groups attached to an aromatic ring is 1. The quantitative estimate of drug-likeness (QED) is 0.811. The van der Waals surface area contributed by atoms with Crippen LogP contribution in [0.25, 0.3) is 11.3 Å². The van der Waals surface area contributed by atoms with Crippen LogP contribution in [0.2, 0.25) is 0 Å². The molecule has 2 rings (SSSR count). The fraction of sp³-hybridized carbons (Fsp3) is 0.250. The fourth-order valence-corrected chi connectivity index (χ4v) is 1.80. The standard InChI is InChI=1S/C12H15N3/c1-3-15-11(8-14-12(15)13)10-7-5-4-6-9(10)2/h4-8H,3H2,1-2H3,(H2,13,14). The number of hydrogen-bond acceptors (Lipinski definition) is 2. The normalized spacial score (nSPS) is 10.5. The molecule has 0 amide bonds. The Bertz CT molecular complexity index is 471. The van der Waals surface area contributed by atoms with E-state index < -0.39 is 0 Å². The molecule has 0 spiro atoms. The molecule has 15 heavy (non-hydrogen) atoms. The largest absolute Gasteiger partial charge is 0.369 e. The van der Waals surface area contributed by atoms with Gasteiger partial charge in [-0.25, -0.2) is 4.98 Å². The van der Waals surface area contributed by atoms with E-state index in [1.807, 2.05) is 22.9 Å². The Hall–Kier alpha value is -1.77. The molecule has 3 heteroatoms. The summed E-state index contributed by atoms with van der Waals surface area (Å²) < 4.78 is 2.02. The molecule has 0 radical (unpaired) electrons. The highest BCUT2D eigenvalue weighted by Gasteiger charge is 2.09. The summed E-state index contributed by atoms with van der Waals surface area (Å²) in [6.45, 7) is 5.01. The molecular weight excluding hydrogens is 186 g/mol. The van der Waals surface area contributed by atoms with Crippen LogP contribution in [0, 0.1) is 6.92 Å². The molecule has 2 N–H and O–H groups in total. The molecule has 0 atom stereocenters. The van der Waals surface area contributed by atoms with Crippen molar-refractivity contribution in [3.8, 4) is 11.3 Å². The zero-order valence-corrected chi connectivity index (χ0v) is 9.07. The third-order valence-corrected chi connectivity index (χ3v) is 2.62. The second kappa shape index (κ2) is 3.77. The fourth-order valence-electron chi connectivity index (χ4n) is 1.80. The van der Waals surface area contributed by atoms with Gasteiger partial charge in [-0.1, -0.05) is 24.3 Å². The molecule has 0 aliphatic heterocycles. The SMILES string of the molecule is CCn1c(-c2ccccc2C)cnc1N. The minimum atomic E-state index is 0.579. The number of aromatic nitrogens is 2. The van der Waals surface area contributed by atoms with Crippen LogP contribution in [-0.4, -0.2) is 9.55 Å². The van der Waals surface area contributed by atoms with Crippen LogP contribution in [0.4, 0.5) is 5.95 Å². The average Bonchev–Trinajstić information content (AvgIpc) is 2.60. The van der Waals surface area contributed by atoms with Crippen LogP contribution in [0.3, 0.4) is 0 Å². The Labute approximate surface area is 89.6 Å². The van der Waals surface area contributed by atoms with Crippen molar-refractivity contribution in [2.45, 2.75) is 20.4 Å². The van der Waals surface area contributed by atoms with Gasteiger partial charge < -0.3 is 10.3 Å². The highest BCUT2D eigenvalue weighted by Crippen LogP contribution is 2.24. The third-order valence-electron chi connectivity index (χ3n) is 2.62. The summed E-state index contributed by atoms with van der Waals surface area (Å²) in [6.07, 6.45) is 1.83. The van der Waals surface area contributed by atoms with Gasteiger partial charge in [-0.15, -0.1) is 0 Å². The van der Waals surface area contributed by atoms with E-state index in [0.717, 1.165) is 12.2 Å². The van der Waals surface area contributed by atoms with Crippen LogP contribution < -0.4 is 5.73 Å². The lowest BCUT2D eigenvalue weighted by molar-refractivity contribution is 0.781. The average molecular weight is 201 g/mol. The molecular formula is C12H15N3. The lowest BCUT2D eigenvalue weighted by Crippen LogP contribution is -2.03. The predicted octanol–water partition coefficient (Wildman–Crippen LogP) is 2.46. The van der Waals surface area contributed by atoms with Gasteiger partial charge in [0.15, 0.2) is 0 Å². The number of nitrogens with zero attached hydrogens (tertiary/aromatic N) is 2. The monoisotopic (exact) mass is 201 g/mol. The summed E-state index contributed by atoms with van der Waals surface area (Å²) in [4.78, 5) is 4.15. The van der Waals surface area contributed by atoms with E-state index in [0.29, 0.717) is 5.95 Å². The molecule has 0 saturated carbocycles. The Balaban J connectivity index is 2.59. The molecule has 2 aromatic rings. The predicted molar refractivity (Wildman–Crippen MR) is 62.5 cm³/mol. The molecule has 0 fully saturated rings. The van der Waals surface area contributed by atoms with Crippen LogP contribution in [-0.2, 0) is 6.54 Å². The van der Waals surface area contributed by atoms with Crippen LogP contribution >= 0.6 is 0 Å². The van der Waals surface area contributed by atoms with Gasteiger partial charge in [0.25, 0.3) is 0 Å². The maximum atomic E-state index is 5.79. The number of benzene rings is 1. The van der Waals surface area contributed by atoms with Crippen molar-refractivity contribution < 1.29 is 0 Å². The minimum absolute atomic E-state index is 0.579. The van der Waals surface area contributed by atoms with Crippen molar-refractivity contribution in [3.05, 3.63) is 36.0 Å². The molecule has 1 aromatic heterocycles. The molecule has 1 heterocycles. The van der Waals surface area contributed by atoms with Gasteiger partial charge in [0.05, 0.1) is 11.9 Å². The molecule has 78 valence electrons. The van der Waals surface area contributed by atoms with Crippen molar-refractivity contribution in [3.63, 3.8) is 0 Å². The number of anilines is 1. The first-order valence-corrected chi connectivity index (χ1v) is 5.11. The Kier molecular flexibility index (Phi) is 2.46. The zero-order chi connectivity index (χ0) is 10.8. The second-order valence-corrected chi connectivity index (χ2v) is 3.56. The first kappa shape index (κ1) is 9.77. The molecule has 0 unspecified atom stereocenters. The van der Waals surface area contributed by atoms with E-state index in [2.05, 4.69) is 31.0 Å². The summed E-state index contributed by atoms with van der Waals surface area (Å²) in [7, 11) is 0. The van der Waals surface area contributed by atoms with E-state index >= 15 is 0 Å². The first-order chi connectivity index (χ1) is 7.24. The number of hydrogen-bond donors (Lipinski definition) is 1. The maximum absolute atomic E-state index is 5.79. The second-order valence-electron chi connectivity index (χ2n) is 3.56. The molecule has 0 bridgehead atoms. The van der Waals surface area contributed by atoms with Crippen molar-refractivity contribution in [2.75, 3.05) is 5.73 Å². The summed E-state index contributed by atoms with van der Waals surface area (Å²) in [5, 5.41) is 0. The summed E-state index contributed by atoms with van der Waals surface area (Å²) >= 11 is 0. The Morgan fingerprint density at radius 1 is 1.33 bits per heavy atom. The molecule has 0 aliphatic carbocycles. The van der Waals surface area contributed by atoms with Gasteiger partial charge >= 0.3 is 0 Å². The lowest BCUT2D eigenvalue weighted by Gasteiger charge is -2.08. The van der Waals surface area contributed by atoms with Crippen molar-refractivity contribution >= 4 is 5.95 Å². The van der Waals surface area contributed by atoms with Gasteiger partial charge in [0.2, 0.25) is 5.95 Å². The van der Waals surface area contributed by atoms with Gasteiger partial charge in [-0.2, -0.15) is 0 Å². The van der Waals surface area contributed by atoms with E-state index in [1.165, 1.54) is 11.1 Å². The van der Waals surface area contributed by atoms with Crippen LogP contribution in [0.5, 0.6) is 0 Å².